The van der Waals surface area contributed by atoms with Crippen LogP contribution in [0.3, 0.4) is 0 Å². The summed E-state index contributed by atoms with van der Waals surface area (Å²) in [6.45, 7) is 0. The molecule has 0 radical (unpaired) electrons. The third kappa shape index (κ3) is 5.24. The zero-order chi connectivity index (χ0) is 33.7. The SMILES string of the molecule is c1ccc(-c2nc(-c3cc(-c4ccc5oc6ccccc6c5c4)cc(-c4cccc5ccccc45)c3)cc(-c3ccc4ccccc4c3)n2)cc1. The molecule has 0 aliphatic heterocycles. The van der Waals surface area contributed by atoms with Crippen molar-refractivity contribution in [2.24, 2.45) is 0 Å². The number of furan rings is 1. The van der Waals surface area contributed by atoms with Crippen molar-refractivity contribution in [3.05, 3.63) is 182 Å². The minimum atomic E-state index is 0.694. The monoisotopic (exact) mass is 650 g/mol. The number of hydrogen-bond acceptors (Lipinski definition) is 3. The van der Waals surface area contributed by atoms with E-state index in [0.29, 0.717) is 5.82 Å². The fourth-order valence-electron chi connectivity index (χ4n) is 7.29. The number of fused-ring (bicyclic) bond motifs is 5. The van der Waals surface area contributed by atoms with Crippen LogP contribution in [-0.4, -0.2) is 9.97 Å². The predicted octanol–water partition coefficient (Wildman–Crippen LogP) is 13.0. The van der Waals surface area contributed by atoms with Gasteiger partial charge in [0.25, 0.3) is 0 Å². The third-order valence-corrected chi connectivity index (χ3v) is 9.84. The highest BCUT2D eigenvalue weighted by atomic mass is 16.3. The summed E-state index contributed by atoms with van der Waals surface area (Å²) in [6.07, 6.45) is 0. The van der Waals surface area contributed by atoms with Crippen LogP contribution in [0.4, 0.5) is 0 Å². The molecule has 0 saturated heterocycles. The molecule has 10 rings (SSSR count). The van der Waals surface area contributed by atoms with Gasteiger partial charge in [0.05, 0.1) is 11.4 Å². The molecule has 0 fully saturated rings. The summed E-state index contributed by atoms with van der Waals surface area (Å²) in [4.78, 5) is 10.4. The topological polar surface area (TPSA) is 38.9 Å². The largest absolute Gasteiger partial charge is 0.456 e. The molecule has 3 heteroatoms. The van der Waals surface area contributed by atoms with Crippen molar-refractivity contribution in [3.8, 4) is 56.2 Å². The maximum Gasteiger partial charge on any atom is 0.160 e. The van der Waals surface area contributed by atoms with Crippen LogP contribution in [0.5, 0.6) is 0 Å². The van der Waals surface area contributed by atoms with Gasteiger partial charge in [-0.2, -0.15) is 0 Å². The van der Waals surface area contributed by atoms with Crippen molar-refractivity contribution in [3.63, 3.8) is 0 Å². The molecule has 2 aromatic heterocycles. The van der Waals surface area contributed by atoms with Gasteiger partial charge in [0.2, 0.25) is 0 Å². The van der Waals surface area contributed by atoms with Gasteiger partial charge in [-0.1, -0.05) is 133 Å². The molecule has 0 amide bonds. The molecule has 10 aromatic rings. The number of benzene rings is 8. The van der Waals surface area contributed by atoms with E-state index in [9.17, 15) is 0 Å². The summed E-state index contributed by atoms with van der Waals surface area (Å²) in [5.74, 6) is 0.694. The standard InChI is InChI=1S/C48H30N2O/c1-2-13-33(14-3-1)48-49-44(36-22-21-31-11-4-5-15-34(31)25-36)30-45(50-48)39-27-37(26-38(28-39)41-19-10-16-32-12-6-7-17-40(32)41)35-23-24-47-43(29-35)42-18-8-9-20-46(42)51-47/h1-30H. The Morgan fingerprint density at radius 1 is 0.314 bits per heavy atom. The van der Waals surface area contributed by atoms with E-state index < -0.39 is 0 Å². The van der Waals surface area contributed by atoms with Crippen LogP contribution in [0.25, 0.3) is 99.6 Å². The molecule has 0 aliphatic carbocycles. The number of nitrogens with zero attached hydrogens (tertiary/aromatic N) is 2. The van der Waals surface area contributed by atoms with E-state index in [0.717, 1.165) is 66.7 Å². The van der Waals surface area contributed by atoms with Gasteiger partial charge in [0.15, 0.2) is 5.82 Å². The number of aromatic nitrogens is 2. The molecule has 0 saturated carbocycles. The Bertz CT molecular complexity index is 2920. The Kier molecular flexibility index (Phi) is 6.81. The summed E-state index contributed by atoms with van der Waals surface area (Å²) in [6, 6.07) is 64.1. The average Bonchev–Trinajstić information content (AvgIpc) is 3.58. The molecule has 8 aromatic carbocycles. The van der Waals surface area contributed by atoms with Crippen LogP contribution in [0.1, 0.15) is 0 Å². The van der Waals surface area contributed by atoms with Crippen molar-refractivity contribution in [2.45, 2.75) is 0 Å². The lowest BCUT2D eigenvalue weighted by atomic mass is 9.91. The highest BCUT2D eigenvalue weighted by molar-refractivity contribution is 6.06. The first kappa shape index (κ1) is 29.1. The molecule has 0 aliphatic rings. The Morgan fingerprint density at radius 3 is 1.84 bits per heavy atom. The molecule has 51 heavy (non-hydrogen) atoms. The quantitative estimate of drug-likeness (QED) is 0.186. The predicted molar refractivity (Wildman–Crippen MR) is 212 cm³/mol. The van der Waals surface area contributed by atoms with E-state index >= 15 is 0 Å². The van der Waals surface area contributed by atoms with Crippen LogP contribution in [0, 0.1) is 0 Å². The molecule has 2 heterocycles. The van der Waals surface area contributed by atoms with Gasteiger partial charge in [-0.05, 0) is 92.3 Å². The van der Waals surface area contributed by atoms with Crippen molar-refractivity contribution >= 4 is 43.5 Å². The highest BCUT2D eigenvalue weighted by Crippen LogP contribution is 2.39. The first-order valence-electron chi connectivity index (χ1n) is 17.2. The highest BCUT2D eigenvalue weighted by Gasteiger charge is 2.16. The summed E-state index contributed by atoms with van der Waals surface area (Å²) >= 11 is 0. The van der Waals surface area contributed by atoms with Crippen LogP contribution >= 0.6 is 0 Å². The third-order valence-electron chi connectivity index (χ3n) is 9.84. The lowest BCUT2D eigenvalue weighted by molar-refractivity contribution is 0.669. The second-order valence-electron chi connectivity index (χ2n) is 13.0. The molecule has 238 valence electrons. The van der Waals surface area contributed by atoms with E-state index in [1.165, 1.54) is 27.1 Å². The van der Waals surface area contributed by atoms with Crippen molar-refractivity contribution < 1.29 is 4.42 Å². The van der Waals surface area contributed by atoms with E-state index in [-0.39, 0.29) is 0 Å². The smallest absolute Gasteiger partial charge is 0.160 e. The van der Waals surface area contributed by atoms with Gasteiger partial charge in [0.1, 0.15) is 11.2 Å². The summed E-state index contributed by atoms with van der Waals surface area (Å²) in [7, 11) is 0. The molecule has 0 N–H and O–H groups in total. The van der Waals surface area contributed by atoms with Gasteiger partial charge in [-0.15, -0.1) is 0 Å². The number of rotatable bonds is 5. The van der Waals surface area contributed by atoms with E-state index in [1.807, 2.05) is 30.3 Å². The van der Waals surface area contributed by atoms with E-state index in [2.05, 4.69) is 152 Å². The van der Waals surface area contributed by atoms with Crippen molar-refractivity contribution in [2.75, 3.05) is 0 Å². The first-order valence-corrected chi connectivity index (χ1v) is 17.2. The maximum absolute atomic E-state index is 6.20. The van der Waals surface area contributed by atoms with Crippen LogP contribution in [-0.2, 0) is 0 Å². The summed E-state index contributed by atoms with van der Waals surface area (Å²) in [5.41, 5.74) is 11.1. The van der Waals surface area contributed by atoms with Crippen molar-refractivity contribution in [1.82, 2.24) is 9.97 Å². The van der Waals surface area contributed by atoms with Crippen LogP contribution in [0.2, 0.25) is 0 Å². The first-order chi connectivity index (χ1) is 25.2. The van der Waals surface area contributed by atoms with Gasteiger partial charge in [-0.25, -0.2) is 9.97 Å². The van der Waals surface area contributed by atoms with Gasteiger partial charge < -0.3 is 4.42 Å². The lowest BCUT2D eigenvalue weighted by Crippen LogP contribution is -1.96. The van der Waals surface area contributed by atoms with Crippen LogP contribution in [0.15, 0.2) is 186 Å². The van der Waals surface area contributed by atoms with Crippen molar-refractivity contribution in [1.29, 1.82) is 0 Å². The fraction of sp³-hybridized carbons (Fsp3) is 0. The second kappa shape index (κ2) is 11.9. The molecule has 0 bridgehead atoms. The number of hydrogen-bond donors (Lipinski definition) is 0. The minimum Gasteiger partial charge on any atom is -0.456 e. The summed E-state index contributed by atoms with van der Waals surface area (Å²) < 4.78 is 6.20. The van der Waals surface area contributed by atoms with Crippen LogP contribution < -0.4 is 0 Å². The van der Waals surface area contributed by atoms with Gasteiger partial charge in [0, 0.05) is 27.5 Å². The summed E-state index contributed by atoms with van der Waals surface area (Å²) in [5, 5.41) is 7.02. The normalized spacial score (nSPS) is 11.5. The Hall–Kier alpha value is -6.84. The Morgan fingerprint density at radius 2 is 0.961 bits per heavy atom. The zero-order valence-electron chi connectivity index (χ0n) is 27.6. The van der Waals surface area contributed by atoms with E-state index in [4.69, 9.17) is 14.4 Å². The minimum absolute atomic E-state index is 0.694. The average molecular weight is 651 g/mol. The molecule has 0 atom stereocenters. The second-order valence-corrected chi connectivity index (χ2v) is 13.0. The number of para-hydroxylation sites is 1. The zero-order valence-corrected chi connectivity index (χ0v) is 27.6. The Balaban J connectivity index is 1.22. The van der Waals surface area contributed by atoms with E-state index in [1.54, 1.807) is 0 Å². The molecule has 0 spiro atoms. The molecule has 3 nitrogen and oxygen atoms in total. The maximum atomic E-state index is 6.20. The van der Waals surface area contributed by atoms with Gasteiger partial charge >= 0.3 is 0 Å². The van der Waals surface area contributed by atoms with Gasteiger partial charge in [-0.3, -0.25) is 0 Å². The fourth-order valence-corrected chi connectivity index (χ4v) is 7.29. The molecular weight excluding hydrogens is 621 g/mol. The lowest BCUT2D eigenvalue weighted by Gasteiger charge is -2.14. The molecular formula is C48H30N2O. The molecule has 0 unspecified atom stereocenters. The Labute approximate surface area is 295 Å².